The van der Waals surface area contributed by atoms with Crippen LogP contribution in [0, 0.1) is 11.8 Å². The molecule has 0 radical (unpaired) electrons. The van der Waals surface area contributed by atoms with Gasteiger partial charge in [0.15, 0.2) is 0 Å². The van der Waals surface area contributed by atoms with Crippen LogP contribution in [0.3, 0.4) is 0 Å². The molecular formula is C15H22. The fraction of sp³-hybridized carbons (Fsp3) is 0.600. The van der Waals surface area contributed by atoms with Gasteiger partial charge in [-0.2, -0.15) is 0 Å². The van der Waals surface area contributed by atoms with E-state index in [2.05, 4.69) is 38.1 Å². The van der Waals surface area contributed by atoms with E-state index in [0.717, 1.165) is 18.3 Å². The second-order valence-corrected chi connectivity index (χ2v) is 5.04. The van der Waals surface area contributed by atoms with E-state index in [1.165, 1.54) is 36.8 Å². The van der Waals surface area contributed by atoms with Gasteiger partial charge in [0, 0.05) is 0 Å². The zero-order valence-corrected chi connectivity index (χ0v) is 10.00. The average molecular weight is 202 g/mol. The predicted molar refractivity (Wildman–Crippen MR) is 66.0 cm³/mol. The van der Waals surface area contributed by atoms with Crippen LogP contribution in [-0.4, -0.2) is 0 Å². The minimum atomic E-state index is 0.941. The second kappa shape index (κ2) is 4.83. The van der Waals surface area contributed by atoms with Gasteiger partial charge in [-0.25, -0.2) is 0 Å². The van der Waals surface area contributed by atoms with E-state index in [1.807, 2.05) is 0 Å². The summed E-state index contributed by atoms with van der Waals surface area (Å²) in [6.07, 6.45) is 6.78. The number of aryl methyl sites for hydroxylation is 1. The van der Waals surface area contributed by atoms with E-state index < -0.39 is 0 Å². The van der Waals surface area contributed by atoms with Gasteiger partial charge < -0.3 is 0 Å². The molecule has 0 saturated heterocycles. The quantitative estimate of drug-likeness (QED) is 0.688. The van der Waals surface area contributed by atoms with E-state index in [-0.39, 0.29) is 0 Å². The molecule has 1 fully saturated rings. The molecule has 2 rings (SSSR count). The van der Waals surface area contributed by atoms with Crippen molar-refractivity contribution in [2.24, 2.45) is 11.8 Å². The Bertz CT molecular complexity index is 296. The van der Waals surface area contributed by atoms with Gasteiger partial charge >= 0.3 is 0 Å². The van der Waals surface area contributed by atoms with Crippen LogP contribution < -0.4 is 0 Å². The molecule has 1 aliphatic carbocycles. The van der Waals surface area contributed by atoms with Crippen molar-refractivity contribution in [1.82, 2.24) is 0 Å². The van der Waals surface area contributed by atoms with E-state index in [0.29, 0.717) is 0 Å². The molecule has 0 heterocycles. The van der Waals surface area contributed by atoms with Gasteiger partial charge in [-0.1, -0.05) is 51.0 Å². The highest BCUT2D eigenvalue weighted by Gasteiger charge is 2.23. The van der Waals surface area contributed by atoms with Crippen LogP contribution in [0.15, 0.2) is 24.3 Å². The van der Waals surface area contributed by atoms with Crippen LogP contribution in [-0.2, 0) is 12.8 Å². The van der Waals surface area contributed by atoms with Crippen LogP contribution in [0.2, 0.25) is 0 Å². The molecule has 2 atom stereocenters. The van der Waals surface area contributed by atoms with Crippen LogP contribution >= 0.6 is 0 Å². The van der Waals surface area contributed by atoms with E-state index in [9.17, 15) is 0 Å². The number of rotatable bonds is 3. The number of hydrogen-bond donors (Lipinski definition) is 0. The lowest BCUT2D eigenvalue weighted by molar-refractivity contribution is 0.417. The van der Waals surface area contributed by atoms with E-state index >= 15 is 0 Å². The van der Waals surface area contributed by atoms with Gasteiger partial charge in [0.05, 0.1) is 0 Å². The molecule has 0 amide bonds. The SMILES string of the molecule is CCc1ccc(CC2CCCC2C)cc1. The lowest BCUT2D eigenvalue weighted by atomic mass is 9.91. The Morgan fingerprint density at radius 2 is 1.73 bits per heavy atom. The third kappa shape index (κ3) is 2.62. The van der Waals surface area contributed by atoms with Gasteiger partial charge in [-0.05, 0) is 42.2 Å². The van der Waals surface area contributed by atoms with Gasteiger partial charge in [0.25, 0.3) is 0 Å². The summed E-state index contributed by atoms with van der Waals surface area (Å²) in [5.41, 5.74) is 2.99. The Balaban J connectivity index is 1.98. The summed E-state index contributed by atoms with van der Waals surface area (Å²) in [6, 6.07) is 9.22. The van der Waals surface area contributed by atoms with Gasteiger partial charge in [-0.15, -0.1) is 0 Å². The maximum absolute atomic E-state index is 2.41. The highest BCUT2D eigenvalue weighted by molar-refractivity contribution is 5.23. The van der Waals surface area contributed by atoms with Crippen molar-refractivity contribution < 1.29 is 0 Å². The lowest BCUT2D eigenvalue weighted by Gasteiger charge is -2.15. The summed E-state index contributed by atoms with van der Waals surface area (Å²) in [4.78, 5) is 0. The molecule has 15 heavy (non-hydrogen) atoms. The standard InChI is InChI=1S/C15H22/c1-3-13-7-9-14(10-8-13)11-15-6-4-5-12(15)2/h7-10,12,15H,3-6,11H2,1-2H3. The average Bonchev–Trinajstić information content (AvgIpc) is 2.66. The molecule has 82 valence electrons. The van der Waals surface area contributed by atoms with Crippen LogP contribution in [0.25, 0.3) is 0 Å². The Morgan fingerprint density at radius 1 is 1.07 bits per heavy atom. The van der Waals surface area contributed by atoms with Gasteiger partial charge in [-0.3, -0.25) is 0 Å². The van der Waals surface area contributed by atoms with Crippen LogP contribution in [0.1, 0.15) is 44.2 Å². The Morgan fingerprint density at radius 3 is 2.27 bits per heavy atom. The first-order valence-electron chi connectivity index (χ1n) is 6.37. The fourth-order valence-electron chi connectivity index (χ4n) is 2.74. The third-order valence-electron chi connectivity index (χ3n) is 3.97. The van der Waals surface area contributed by atoms with E-state index in [1.54, 1.807) is 0 Å². The fourth-order valence-corrected chi connectivity index (χ4v) is 2.74. The normalized spacial score (nSPS) is 25.7. The summed E-state index contributed by atoms with van der Waals surface area (Å²) >= 11 is 0. The first-order valence-corrected chi connectivity index (χ1v) is 6.37. The van der Waals surface area contributed by atoms with Crippen LogP contribution in [0.5, 0.6) is 0 Å². The smallest absolute Gasteiger partial charge is 0.0248 e. The summed E-state index contributed by atoms with van der Waals surface area (Å²) in [5.74, 6) is 1.88. The van der Waals surface area contributed by atoms with Crippen molar-refractivity contribution in [2.45, 2.75) is 46.0 Å². The minimum absolute atomic E-state index is 0.941. The zero-order valence-electron chi connectivity index (χ0n) is 10.00. The molecule has 0 spiro atoms. The van der Waals surface area contributed by atoms with Crippen molar-refractivity contribution >= 4 is 0 Å². The monoisotopic (exact) mass is 202 g/mol. The van der Waals surface area contributed by atoms with E-state index in [4.69, 9.17) is 0 Å². The highest BCUT2D eigenvalue weighted by atomic mass is 14.3. The molecule has 0 N–H and O–H groups in total. The minimum Gasteiger partial charge on any atom is -0.0622 e. The molecule has 0 bridgehead atoms. The molecule has 2 unspecified atom stereocenters. The Hall–Kier alpha value is -0.780. The van der Waals surface area contributed by atoms with Crippen molar-refractivity contribution in [1.29, 1.82) is 0 Å². The molecule has 0 aliphatic heterocycles. The number of hydrogen-bond acceptors (Lipinski definition) is 0. The maximum Gasteiger partial charge on any atom is -0.0248 e. The predicted octanol–water partition coefficient (Wildman–Crippen LogP) is 4.23. The first kappa shape index (κ1) is 10.7. The summed E-state index contributed by atoms with van der Waals surface area (Å²) in [6.45, 7) is 4.63. The zero-order chi connectivity index (χ0) is 10.7. The lowest BCUT2D eigenvalue weighted by Crippen LogP contribution is -2.07. The molecule has 1 aromatic carbocycles. The maximum atomic E-state index is 2.41. The molecule has 0 aromatic heterocycles. The molecule has 1 aliphatic rings. The highest BCUT2D eigenvalue weighted by Crippen LogP contribution is 2.33. The van der Waals surface area contributed by atoms with Gasteiger partial charge in [0.2, 0.25) is 0 Å². The van der Waals surface area contributed by atoms with Crippen molar-refractivity contribution in [2.75, 3.05) is 0 Å². The largest absolute Gasteiger partial charge is 0.0622 e. The van der Waals surface area contributed by atoms with Crippen molar-refractivity contribution in [3.05, 3.63) is 35.4 Å². The molecule has 0 heteroatoms. The van der Waals surface area contributed by atoms with Crippen molar-refractivity contribution in [3.63, 3.8) is 0 Å². The number of benzene rings is 1. The molecule has 1 saturated carbocycles. The molecule has 0 nitrogen and oxygen atoms in total. The first-order chi connectivity index (χ1) is 7.29. The van der Waals surface area contributed by atoms with Gasteiger partial charge in [0.1, 0.15) is 0 Å². The van der Waals surface area contributed by atoms with Crippen molar-refractivity contribution in [3.8, 4) is 0 Å². The van der Waals surface area contributed by atoms with Crippen LogP contribution in [0.4, 0.5) is 0 Å². The second-order valence-electron chi connectivity index (χ2n) is 5.04. The topological polar surface area (TPSA) is 0 Å². The molecule has 1 aromatic rings. The Labute approximate surface area is 93.7 Å². The third-order valence-corrected chi connectivity index (χ3v) is 3.97. The Kier molecular flexibility index (Phi) is 3.45. The summed E-state index contributed by atoms with van der Waals surface area (Å²) in [5, 5.41) is 0. The summed E-state index contributed by atoms with van der Waals surface area (Å²) < 4.78 is 0. The summed E-state index contributed by atoms with van der Waals surface area (Å²) in [7, 11) is 0. The molecular weight excluding hydrogens is 180 g/mol.